The van der Waals surface area contributed by atoms with Gasteiger partial charge in [0.1, 0.15) is 5.69 Å². The lowest BCUT2D eigenvalue weighted by Gasteiger charge is -2.13. The first-order valence-electron chi connectivity index (χ1n) is 7.30. The highest BCUT2D eigenvalue weighted by molar-refractivity contribution is 7.89. The second-order valence-corrected chi connectivity index (χ2v) is 6.98. The van der Waals surface area contributed by atoms with Gasteiger partial charge in [0, 0.05) is 24.9 Å². The maximum atomic E-state index is 12.2. The van der Waals surface area contributed by atoms with E-state index in [9.17, 15) is 18.0 Å². The molecule has 0 fully saturated rings. The molecule has 0 spiro atoms. The van der Waals surface area contributed by atoms with Gasteiger partial charge in [-0.15, -0.1) is 0 Å². The van der Waals surface area contributed by atoms with Gasteiger partial charge in [0.05, 0.1) is 11.5 Å². The Labute approximate surface area is 144 Å². The number of nitrogens with zero attached hydrogens (tertiary/aromatic N) is 1. The van der Waals surface area contributed by atoms with E-state index in [1.54, 1.807) is 6.92 Å². The van der Waals surface area contributed by atoms with Crippen LogP contribution in [0.2, 0.25) is 0 Å². The molecule has 0 bridgehead atoms. The van der Waals surface area contributed by atoms with Crippen molar-refractivity contribution in [3.63, 3.8) is 0 Å². The number of sulfonamides is 1. The maximum absolute atomic E-state index is 12.2. The van der Waals surface area contributed by atoms with Crippen molar-refractivity contribution in [3.05, 3.63) is 52.4 Å². The second-order valence-electron chi connectivity index (χ2n) is 5.26. The number of aromatic amines is 1. The topological polar surface area (TPSA) is 130 Å². The van der Waals surface area contributed by atoms with E-state index < -0.39 is 21.5 Å². The molecule has 0 aliphatic carbocycles. The van der Waals surface area contributed by atoms with Crippen LogP contribution in [0.5, 0.6) is 0 Å². The van der Waals surface area contributed by atoms with Crippen LogP contribution in [-0.2, 0) is 14.8 Å². The third-order valence-electron chi connectivity index (χ3n) is 3.11. The number of benzene rings is 1. The smallest absolute Gasteiger partial charge is 0.276 e. The van der Waals surface area contributed by atoms with Crippen LogP contribution in [0.3, 0.4) is 0 Å². The standard InChI is InChI=1S/C15H18N4O5S/c1-10(9-24-2)19-25(22,23)12-5-3-11(4-6-12)16-15(21)13-7-8-14(20)18-17-13/h3-8,10,19H,9H2,1-2H3,(H,16,21)(H,18,20)/t10-/m1/s1. The quantitative estimate of drug-likeness (QED) is 0.648. The third-order valence-corrected chi connectivity index (χ3v) is 4.71. The normalized spacial score (nSPS) is 12.6. The number of hydrogen-bond donors (Lipinski definition) is 3. The molecule has 0 saturated carbocycles. The van der Waals surface area contributed by atoms with Crippen molar-refractivity contribution in [2.24, 2.45) is 0 Å². The molecule has 1 aromatic heterocycles. The van der Waals surface area contributed by atoms with Crippen molar-refractivity contribution in [1.29, 1.82) is 0 Å². The van der Waals surface area contributed by atoms with Gasteiger partial charge in [-0.05, 0) is 37.3 Å². The zero-order valence-electron chi connectivity index (χ0n) is 13.6. The summed E-state index contributed by atoms with van der Waals surface area (Å²) < 4.78 is 31.8. The summed E-state index contributed by atoms with van der Waals surface area (Å²) in [5.74, 6) is -0.529. The zero-order chi connectivity index (χ0) is 18.4. The van der Waals surface area contributed by atoms with Gasteiger partial charge in [-0.2, -0.15) is 5.10 Å². The largest absolute Gasteiger partial charge is 0.383 e. The second kappa shape index (κ2) is 8.01. The lowest BCUT2D eigenvalue weighted by Crippen LogP contribution is -2.35. The molecule has 0 aliphatic rings. The van der Waals surface area contributed by atoms with Gasteiger partial charge >= 0.3 is 0 Å². The number of methoxy groups -OCH3 is 1. The van der Waals surface area contributed by atoms with Gasteiger partial charge in [-0.25, -0.2) is 18.2 Å². The van der Waals surface area contributed by atoms with E-state index >= 15 is 0 Å². The Bertz CT molecular complexity index is 872. The molecule has 1 atom stereocenters. The zero-order valence-corrected chi connectivity index (χ0v) is 14.5. The molecule has 0 unspecified atom stereocenters. The summed E-state index contributed by atoms with van der Waals surface area (Å²) in [7, 11) is -2.19. The number of hydrogen-bond acceptors (Lipinski definition) is 6. The Hall–Kier alpha value is -2.56. The van der Waals surface area contributed by atoms with Gasteiger partial charge in [0.15, 0.2) is 0 Å². The summed E-state index contributed by atoms with van der Waals surface area (Å²) in [6.45, 7) is 1.94. The molecule has 0 saturated heterocycles. The van der Waals surface area contributed by atoms with Crippen molar-refractivity contribution in [2.45, 2.75) is 17.9 Å². The summed E-state index contributed by atoms with van der Waals surface area (Å²) in [5.41, 5.74) is 0.00885. The highest BCUT2D eigenvalue weighted by atomic mass is 32.2. The molecule has 3 N–H and O–H groups in total. The SMILES string of the molecule is COC[C@@H](C)NS(=O)(=O)c1ccc(NC(=O)c2ccc(=O)[nH]n2)cc1. The average molecular weight is 366 g/mol. The fraction of sp³-hybridized carbons (Fsp3) is 0.267. The number of aromatic nitrogens is 2. The van der Waals surface area contributed by atoms with Crippen molar-refractivity contribution in [2.75, 3.05) is 19.0 Å². The minimum absolute atomic E-state index is 0.0337. The summed E-state index contributed by atoms with van der Waals surface area (Å²) in [4.78, 5) is 23.0. The summed E-state index contributed by atoms with van der Waals surface area (Å²) in [6, 6.07) is 7.76. The van der Waals surface area contributed by atoms with Gasteiger partial charge in [0.2, 0.25) is 10.0 Å². The lowest BCUT2D eigenvalue weighted by molar-refractivity contribution is 0.102. The number of H-pyrrole nitrogens is 1. The van der Waals surface area contributed by atoms with Crippen LogP contribution in [0.1, 0.15) is 17.4 Å². The van der Waals surface area contributed by atoms with Crippen LogP contribution in [0.25, 0.3) is 0 Å². The van der Waals surface area contributed by atoms with Crippen molar-refractivity contribution in [1.82, 2.24) is 14.9 Å². The highest BCUT2D eigenvalue weighted by Gasteiger charge is 2.17. The van der Waals surface area contributed by atoms with Gasteiger partial charge in [-0.3, -0.25) is 9.59 Å². The van der Waals surface area contributed by atoms with Crippen LogP contribution in [0.4, 0.5) is 5.69 Å². The number of ether oxygens (including phenoxy) is 1. The molecule has 25 heavy (non-hydrogen) atoms. The fourth-order valence-electron chi connectivity index (χ4n) is 2.00. The molecule has 1 aromatic carbocycles. The number of carbonyl (C=O) groups excluding carboxylic acids is 1. The number of nitrogens with one attached hydrogen (secondary N) is 3. The monoisotopic (exact) mass is 366 g/mol. The minimum atomic E-state index is -3.68. The van der Waals surface area contributed by atoms with Crippen molar-refractivity contribution in [3.8, 4) is 0 Å². The van der Waals surface area contributed by atoms with E-state index in [0.29, 0.717) is 5.69 Å². The van der Waals surface area contributed by atoms with E-state index in [0.717, 1.165) is 0 Å². The molecule has 134 valence electrons. The molecular weight excluding hydrogens is 348 g/mol. The van der Waals surface area contributed by atoms with E-state index in [2.05, 4.69) is 20.2 Å². The predicted octanol–water partition coefficient (Wildman–Crippen LogP) is 0.335. The summed E-state index contributed by atoms with van der Waals surface area (Å²) >= 11 is 0. The Morgan fingerprint density at radius 2 is 1.92 bits per heavy atom. The predicted molar refractivity (Wildman–Crippen MR) is 90.9 cm³/mol. The molecule has 1 amide bonds. The van der Waals surface area contributed by atoms with E-state index in [-0.39, 0.29) is 23.2 Å². The van der Waals surface area contributed by atoms with Crippen LogP contribution in [-0.4, -0.2) is 44.3 Å². The molecule has 2 aromatic rings. The minimum Gasteiger partial charge on any atom is -0.383 e. The molecule has 0 aliphatic heterocycles. The Kier molecular flexibility index (Phi) is 6.02. The van der Waals surface area contributed by atoms with E-state index in [4.69, 9.17) is 4.74 Å². The van der Waals surface area contributed by atoms with E-state index in [1.807, 2.05) is 0 Å². The molecule has 9 nitrogen and oxygen atoms in total. The first-order chi connectivity index (χ1) is 11.8. The van der Waals surface area contributed by atoms with Crippen LogP contribution in [0.15, 0.2) is 46.1 Å². The first-order valence-corrected chi connectivity index (χ1v) is 8.78. The fourth-order valence-corrected chi connectivity index (χ4v) is 3.23. The molecule has 10 heteroatoms. The average Bonchev–Trinajstić information content (AvgIpc) is 2.55. The maximum Gasteiger partial charge on any atom is 0.276 e. The van der Waals surface area contributed by atoms with Crippen molar-refractivity contribution >= 4 is 21.6 Å². The molecule has 2 rings (SSSR count). The molecule has 0 radical (unpaired) electrons. The summed E-state index contributed by atoms with van der Waals surface area (Å²) in [6.07, 6.45) is 0. The Balaban J connectivity index is 2.07. The number of amides is 1. The van der Waals surface area contributed by atoms with Crippen LogP contribution < -0.4 is 15.6 Å². The third kappa shape index (κ3) is 5.21. The van der Waals surface area contributed by atoms with Gasteiger partial charge in [0.25, 0.3) is 11.5 Å². The molecular formula is C15H18N4O5S. The van der Waals surface area contributed by atoms with Gasteiger partial charge < -0.3 is 10.1 Å². The molecule has 1 heterocycles. The summed E-state index contributed by atoms with van der Waals surface area (Å²) in [5, 5.41) is 8.33. The number of carbonyl (C=O) groups is 1. The number of rotatable bonds is 7. The van der Waals surface area contributed by atoms with Gasteiger partial charge in [-0.1, -0.05) is 0 Å². The lowest BCUT2D eigenvalue weighted by atomic mass is 10.3. The Morgan fingerprint density at radius 3 is 2.48 bits per heavy atom. The van der Waals surface area contributed by atoms with Crippen LogP contribution >= 0.6 is 0 Å². The highest BCUT2D eigenvalue weighted by Crippen LogP contribution is 2.15. The van der Waals surface area contributed by atoms with Crippen molar-refractivity contribution < 1.29 is 17.9 Å². The Morgan fingerprint density at radius 1 is 1.24 bits per heavy atom. The number of anilines is 1. The van der Waals surface area contributed by atoms with E-state index in [1.165, 1.54) is 43.5 Å². The first kappa shape index (κ1) is 18.8. The van der Waals surface area contributed by atoms with Crippen LogP contribution in [0, 0.1) is 0 Å².